The van der Waals surface area contributed by atoms with E-state index in [0.717, 1.165) is 56.5 Å². The number of ether oxygens (including phenoxy) is 1. The average molecular weight is 451 g/mol. The van der Waals surface area contributed by atoms with Gasteiger partial charge in [-0.25, -0.2) is 9.97 Å². The van der Waals surface area contributed by atoms with Gasteiger partial charge < -0.3 is 19.4 Å². The lowest BCUT2D eigenvalue weighted by molar-refractivity contribution is 0.0745. The van der Waals surface area contributed by atoms with Gasteiger partial charge in [0.25, 0.3) is 5.91 Å². The van der Waals surface area contributed by atoms with E-state index in [-0.39, 0.29) is 12.0 Å². The van der Waals surface area contributed by atoms with E-state index in [4.69, 9.17) is 14.7 Å². The standard InChI is InChI=1S/C25H34N6O2/c1-19-17-22(29-11-5-2-6-12-29)28-25(27-19)31-15-13-30(14-16-31)24(32)20-9-10-23(26-18-20)33-21-7-3-4-8-21/h9-10,17-18,21H,2-8,11-16H2,1H3. The fourth-order valence-corrected chi connectivity index (χ4v) is 5.01. The van der Waals surface area contributed by atoms with Gasteiger partial charge in [-0.3, -0.25) is 4.79 Å². The van der Waals surface area contributed by atoms with Crippen molar-refractivity contribution >= 4 is 17.7 Å². The van der Waals surface area contributed by atoms with Crippen molar-refractivity contribution in [2.45, 2.75) is 58.0 Å². The summed E-state index contributed by atoms with van der Waals surface area (Å²) >= 11 is 0. The van der Waals surface area contributed by atoms with E-state index in [1.54, 1.807) is 6.20 Å². The van der Waals surface area contributed by atoms with Crippen molar-refractivity contribution < 1.29 is 9.53 Å². The van der Waals surface area contributed by atoms with Gasteiger partial charge in [-0.2, -0.15) is 4.98 Å². The molecule has 0 spiro atoms. The van der Waals surface area contributed by atoms with Crippen molar-refractivity contribution in [3.05, 3.63) is 35.7 Å². The van der Waals surface area contributed by atoms with Gasteiger partial charge in [-0.05, 0) is 57.9 Å². The van der Waals surface area contributed by atoms with E-state index in [1.807, 2.05) is 24.0 Å². The van der Waals surface area contributed by atoms with Gasteiger partial charge in [0.2, 0.25) is 11.8 Å². The number of rotatable bonds is 5. The molecule has 2 aromatic heterocycles. The van der Waals surface area contributed by atoms with Gasteiger partial charge in [-0.1, -0.05) is 0 Å². The summed E-state index contributed by atoms with van der Waals surface area (Å²) in [6, 6.07) is 5.74. The van der Waals surface area contributed by atoms with Crippen LogP contribution in [-0.2, 0) is 0 Å². The zero-order chi connectivity index (χ0) is 22.6. The highest BCUT2D eigenvalue weighted by Crippen LogP contribution is 2.24. The van der Waals surface area contributed by atoms with Crippen LogP contribution in [0.15, 0.2) is 24.4 Å². The Morgan fingerprint density at radius 3 is 2.36 bits per heavy atom. The number of aryl methyl sites for hydroxylation is 1. The maximum Gasteiger partial charge on any atom is 0.255 e. The molecular formula is C25H34N6O2. The Morgan fingerprint density at radius 1 is 0.909 bits per heavy atom. The highest BCUT2D eigenvalue weighted by atomic mass is 16.5. The number of amides is 1. The third-order valence-corrected chi connectivity index (χ3v) is 6.93. The predicted molar refractivity (Wildman–Crippen MR) is 128 cm³/mol. The number of carbonyl (C=O) groups is 1. The van der Waals surface area contributed by atoms with Crippen LogP contribution in [-0.4, -0.2) is 71.1 Å². The molecule has 1 amide bonds. The quantitative estimate of drug-likeness (QED) is 0.691. The molecular weight excluding hydrogens is 416 g/mol. The fourth-order valence-electron chi connectivity index (χ4n) is 5.01. The van der Waals surface area contributed by atoms with Crippen molar-refractivity contribution in [2.75, 3.05) is 49.1 Å². The summed E-state index contributed by atoms with van der Waals surface area (Å²) < 4.78 is 5.92. The number of hydrogen-bond donors (Lipinski definition) is 0. The summed E-state index contributed by atoms with van der Waals surface area (Å²) in [4.78, 5) is 33.4. The summed E-state index contributed by atoms with van der Waals surface area (Å²) in [5.41, 5.74) is 1.60. The lowest BCUT2D eigenvalue weighted by Gasteiger charge is -2.35. The molecule has 0 radical (unpaired) electrons. The molecule has 8 nitrogen and oxygen atoms in total. The molecule has 0 aromatic carbocycles. The second kappa shape index (κ2) is 9.93. The highest BCUT2D eigenvalue weighted by molar-refractivity contribution is 5.94. The number of piperazine rings is 1. The maximum absolute atomic E-state index is 13.0. The Bertz CT molecular complexity index is 946. The number of carbonyl (C=O) groups excluding carboxylic acids is 1. The first-order valence-corrected chi connectivity index (χ1v) is 12.4. The van der Waals surface area contributed by atoms with Crippen LogP contribution in [0.1, 0.15) is 61.0 Å². The van der Waals surface area contributed by atoms with E-state index in [0.29, 0.717) is 24.5 Å². The molecule has 2 saturated heterocycles. The molecule has 2 aromatic rings. The molecule has 0 N–H and O–H groups in total. The minimum absolute atomic E-state index is 0.0220. The molecule has 2 aliphatic heterocycles. The van der Waals surface area contributed by atoms with Crippen LogP contribution in [0.5, 0.6) is 5.88 Å². The topological polar surface area (TPSA) is 74.7 Å². The third kappa shape index (κ3) is 5.20. The van der Waals surface area contributed by atoms with Crippen LogP contribution in [0.2, 0.25) is 0 Å². The number of aromatic nitrogens is 3. The Morgan fingerprint density at radius 2 is 1.67 bits per heavy atom. The zero-order valence-electron chi connectivity index (χ0n) is 19.6. The lowest BCUT2D eigenvalue weighted by Crippen LogP contribution is -2.49. The number of piperidine rings is 1. The normalized spacial score (nSPS) is 19.7. The average Bonchev–Trinajstić information content (AvgIpc) is 3.37. The molecule has 3 aliphatic rings. The van der Waals surface area contributed by atoms with E-state index in [1.165, 1.54) is 32.1 Å². The molecule has 8 heteroatoms. The van der Waals surface area contributed by atoms with E-state index in [9.17, 15) is 4.79 Å². The summed E-state index contributed by atoms with van der Waals surface area (Å²) in [5, 5.41) is 0. The van der Waals surface area contributed by atoms with Gasteiger partial charge in [-0.15, -0.1) is 0 Å². The number of pyridine rings is 1. The Labute approximate surface area is 196 Å². The summed E-state index contributed by atoms with van der Waals surface area (Å²) in [6.45, 7) is 6.92. The van der Waals surface area contributed by atoms with Crippen molar-refractivity contribution in [3.63, 3.8) is 0 Å². The summed E-state index contributed by atoms with van der Waals surface area (Å²) in [5.74, 6) is 2.44. The van der Waals surface area contributed by atoms with Crippen molar-refractivity contribution in [2.24, 2.45) is 0 Å². The van der Waals surface area contributed by atoms with Gasteiger partial charge in [0, 0.05) is 63.3 Å². The minimum Gasteiger partial charge on any atom is -0.474 e. The summed E-state index contributed by atoms with van der Waals surface area (Å²) in [7, 11) is 0. The van der Waals surface area contributed by atoms with Gasteiger partial charge in [0.1, 0.15) is 11.9 Å². The van der Waals surface area contributed by atoms with Crippen LogP contribution >= 0.6 is 0 Å². The largest absolute Gasteiger partial charge is 0.474 e. The molecule has 0 atom stereocenters. The van der Waals surface area contributed by atoms with E-state index < -0.39 is 0 Å². The lowest BCUT2D eigenvalue weighted by atomic mass is 10.1. The molecule has 3 fully saturated rings. The second-order valence-electron chi connectivity index (χ2n) is 9.40. The van der Waals surface area contributed by atoms with Crippen molar-refractivity contribution in [3.8, 4) is 5.88 Å². The van der Waals surface area contributed by atoms with Gasteiger partial charge in [0.15, 0.2) is 0 Å². The van der Waals surface area contributed by atoms with Crippen molar-refractivity contribution in [1.29, 1.82) is 0 Å². The molecule has 176 valence electrons. The number of hydrogen-bond acceptors (Lipinski definition) is 7. The van der Waals surface area contributed by atoms with Crippen LogP contribution < -0.4 is 14.5 Å². The van der Waals surface area contributed by atoms with E-state index >= 15 is 0 Å². The monoisotopic (exact) mass is 450 g/mol. The molecule has 4 heterocycles. The third-order valence-electron chi connectivity index (χ3n) is 6.93. The van der Waals surface area contributed by atoms with Gasteiger partial charge >= 0.3 is 0 Å². The van der Waals surface area contributed by atoms with Crippen LogP contribution in [0.3, 0.4) is 0 Å². The first-order valence-electron chi connectivity index (χ1n) is 12.4. The molecule has 1 saturated carbocycles. The number of nitrogens with zero attached hydrogens (tertiary/aromatic N) is 6. The second-order valence-corrected chi connectivity index (χ2v) is 9.40. The van der Waals surface area contributed by atoms with E-state index in [2.05, 4.69) is 20.9 Å². The molecule has 5 rings (SSSR count). The number of anilines is 2. The molecule has 33 heavy (non-hydrogen) atoms. The van der Waals surface area contributed by atoms with Crippen LogP contribution in [0.4, 0.5) is 11.8 Å². The first-order chi connectivity index (χ1) is 16.2. The Hall–Kier alpha value is -2.90. The maximum atomic E-state index is 13.0. The fraction of sp³-hybridized carbons (Fsp3) is 0.600. The molecule has 0 bridgehead atoms. The minimum atomic E-state index is 0.0220. The Balaban J connectivity index is 1.18. The highest BCUT2D eigenvalue weighted by Gasteiger charge is 2.25. The Kier molecular flexibility index (Phi) is 6.60. The van der Waals surface area contributed by atoms with Crippen LogP contribution in [0, 0.1) is 6.92 Å². The SMILES string of the molecule is Cc1cc(N2CCCCC2)nc(N2CCN(C(=O)c3ccc(OC4CCCC4)nc3)CC2)n1. The van der Waals surface area contributed by atoms with Crippen LogP contribution in [0.25, 0.3) is 0 Å². The first kappa shape index (κ1) is 21.9. The zero-order valence-corrected chi connectivity index (χ0v) is 19.6. The van der Waals surface area contributed by atoms with Gasteiger partial charge in [0.05, 0.1) is 5.56 Å². The molecule has 1 aliphatic carbocycles. The molecule has 0 unspecified atom stereocenters. The predicted octanol–water partition coefficient (Wildman–Crippen LogP) is 3.45. The summed E-state index contributed by atoms with van der Waals surface area (Å²) in [6.07, 6.45) is 10.3. The van der Waals surface area contributed by atoms with Crippen molar-refractivity contribution in [1.82, 2.24) is 19.9 Å². The smallest absolute Gasteiger partial charge is 0.255 e.